The number of carbonyl (C=O) groups is 1. The quantitative estimate of drug-likeness (QED) is 0.528. The van der Waals surface area contributed by atoms with Crippen molar-refractivity contribution in [2.45, 2.75) is 19.9 Å². The lowest BCUT2D eigenvalue weighted by atomic mass is 10.4. The van der Waals surface area contributed by atoms with Crippen LogP contribution >= 0.6 is 0 Å². The van der Waals surface area contributed by atoms with Crippen LogP contribution < -0.4 is 5.59 Å². The minimum atomic E-state index is -0.219. The van der Waals surface area contributed by atoms with E-state index in [2.05, 4.69) is 10.4 Å². The van der Waals surface area contributed by atoms with Gasteiger partial charge in [0, 0.05) is 6.04 Å². The second-order valence-corrected chi connectivity index (χ2v) is 2.29. The topological polar surface area (TPSA) is 41.6 Å². The van der Waals surface area contributed by atoms with Gasteiger partial charge in [0.05, 0.1) is 0 Å². The van der Waals surface area contributed by atoms with E-state index in [-0.39, 0.29) is 5.97 Å². The van der Waals surface area contributed by atoms with Gasteiger partial charge in [0.15, 0.2) is 0 Å². The first kappa shape index (κ1) is 6.51. The van der Waals surface area contributed by atoms with Gasteiger partial charge in [-0.1, -0.05) is 5.59 Å². The molecule has 0 spiro atoms. The number of rotatable bonds is 1. The fourth-order valence-electron chi connectivity index (χ4n) is 0.601. The minimum Gasteiger partial charge on any atom is -0.354 e. The fraction of sp³-hybridized carbons (Fsp3) is 0.800. The summed E-state index contributed by atoms with van der Waals surface area (Å²) in [4.78, 5) is 14.9. The second kappa shape index (κ2) is 2.33. The van der Waals surface area contributed by atoms with Crippen molar-refractivity contribution in [1.29, 1.82) is 0 Å². The smallest absolute Gasteiger partial charge is 0.342 e. The lowest BCUT2D eigenvalue weighted by Gasteiger charge is -2.14. The first-order valence-electron chi connectivity index (χ1n) is 2.92. The van der Waals surface area contributed by atoms with E-state index in [1.807, 2.05) is 13.8 Å². The third kappa shape index (κ3) is 1.40. The molecule has 52 valence electrons. The highest BCUT2D eigenvalue weighted by atomic mass is 16.7. The Bertz CT molecular complexity index is 124. The van der Waals surface area contributed by atoms with Crippen LogP contribution in [0.25, 0.3) is 0 Å². The van der Waals surface area contributed by atoms with Gasteiger partial charge in [-0.3, -0.25) is 0 Å². The summed E-state index contributed by atoms with van der Waals surface area (Å²) in [6, 6.07) is 0.302. The number of hydrazine groups is 1. The molecule has 0 atom stereocenters. The molecule has 0 unspecified atom stereocenters. The van der Waals surface area contributed by atoms with E-state index in [0.29, 0.717) is 12.6 Å². The molecule has 4 nitrogen and oxygen atoms in total. The van der Waals surface area contributed by atoms with Crippen molar-refractivity contribution in [3.8, 4) is 0 Å². The summed E-state index contributed by atoms with van der Waals surface area (Å²) in [5.74, 6) is -0.219. The highest BCUT2D eigenvalue weighted by Crippen LogP contribution is 1.99. The molecule has 1 aliphatic rings. The van der Waals surface area contributed by atoms with Crippen molar-refractivity contribution >= 4 is 5.97 Å². The van der Waals surface area contributed by atoms with Crippen LogP contribution in [0.4, 0.5) is 0 Å². The van der Waals surface area contributed by atoms with E-state index in [9.17, 15) is 4.79 Å². The van der Waals surface area contributed by atoms with Crippen LogP contribution in [-0.4, -0.2) is 23.6 Å². The van der Waals surface area contributed by atoms with Crippen LogP contribution in [0.1, 0.15) is 13.8 Å². The van der Waals surface area contributed by atoms with Crippen LogP contribution in [0.5, 0.6) is 0 Å². The van der Waals surface area contributed by atoms with E-state index < -0.39 is 0 Å². The molecule has 0 aromatic rings. The third-order valence-corrected chi connectivity index (χ3v) is 1.20. The lowest BCUT2D eigenvalue weighted by molar-refractivity contribution is -0.143. The summed E-state index contributed by atoms with van der Waals surface area (Å²) in [5.41, 5.74) is 2.49. The molecule has 0 aromatic heterocycles. The monoisotopic (exact) mass is 130 g/mol. The van der Waals surface area contributed by atoms with Gasteiger partial charge in [-0.15, -0.1) is 0 Å². The van der Waals surface area contributed by atoms with Gasteiger partial charge in [-0.05, 0) is 13.8 Å². The van der Waals surface area contributed by atoms with Crippen LogP contribution in [0.2, 0.25) is 0 Å². The maximum Gasteiger partial charge on any atom is 0.342 e. The Balaban J connectivity index is 2.39. The Labute approximate surface area is 53.7 Å². The Kier molecular flexibility index (Phi) is 1.68. The van der Waals surface area contributed by atoms with Crippen LogP contribution in [0, 0.1) is 0 Å². The molecule has 0 amide bonds. The zero-order chi connectivity index (χ0) is 6.85. The van der Waals surface area contributed by atoms with Gasteiger partial charge in [0.25, 0.3) is 0 Å². The molecule has 0 aliphatic carbocycles. The predicted molar refractivity (Wildman–Crippen MR) is 31.1 cm³/mol. The largest absolute Gasteiger partial charge is 0.354 e. The number of nitrogens with zero attached hydrogens (tertiary/aromatic N) is 1. The molecule has 1 N–H and O–H groups in total. The number of hydrogen-bond acceptors (Lipinski definition) is 4. The summed E-state index contributed by atoms with van der Waals surface area (Å²) in [7, 11) is 0. The average Bonchev–Trinajstić information content (AvgIpc) is 2.14. The van der Waals surface area contributed by atoms with Crippen molar-refractivity contribution in [1.82, 2.24) is 10.6 Å². The first-order valence-corrected chi connectivity index (χ1v) is 2.92. The SMILES string of the molecule is CC(C)N1CC(=O)ON1. The number of hydrogen-bond donors (Lipinski definition) is 1. The van der Waals surface area contributed by atoms with Crippen LogP contribution in [0.15, 0.2) is 0 Å². The maximum atomic E-state index is 10.4. The van der Waals surface area contributed by atoms with Crippen molar-refractivity contribution < 1.29 is 9.63 Å². The molecule has 4 heteroatoms. The van der Waals surface area contributed by atoms with Crippen molar-refractivity contribution in [3.63, 3.8) is 0 Å². The summed E-state index contributed by atoms with van der Waals surface area (Å²) >= 11 is 0. The molecule has 1 rings (SSSR count). The van der Waals surface area contributed by atoms with Gasteiger partial charge in [0.1, 0.15) is 6.54 Å². The van der Waals surface area contributed by atoms with E-state index in [0.717, 1.165) is 0 Å². The van der Waals surface area contributed by atoms with E-state index in [4.69, 9.17) is 0 Å². The van der Waals surface area contributed by atoms with E-state index >= 15 is 0 Å². The van der Waals surface area contributed by atoms with E-state index in [1.165, 1.54) is 0 Å². The molecule has 1 saturated heterocycles. The van der Waals surface area contributed by atoms with Gasteiger partial charge < -0.3 is 4.84 Å². The van der Waals surface area contributed by atoms with E-state index in [1.54, 1.807) is 5.01 Å². The molecule has 9 heavy (non-hydrogen) atoms. The summed E-state index contributed by atoms with van der Waals surface area (Å²) in [6.45, 7) is 4.31. The van der Waals surface area contributed by atoms with Crippen molar-refractivity contribution in [3.05, 3.63) is 0 Å². The third-order valence-electron chi connectivity index (χ3n) is 1.20. The zero-order valence-corrected chi connectivity index (χ0v) is 5.55. The Hall–Kier alpha value is -0.610. The van der Waals surface area contributed by atoms with Gasteiger partial charge in [-0.25, -0.2) is 4.79 Å². The van der Waals surface area contributed by atoms with Crippen molar-refractivity contribution in [2.24, 2.45) is 0 Å². The normalized spacial score (nSPS) is 21.0. The van der Waals surface area contributed by atoms with Crippen molar-refractivity contribution in [2.75, 3.05) is 6.54 Å². The minimum absolute atomic E-state index is 0.219. The highest BCUT2D eigenvalue weighted by molar-refractivity contribution is 5.72. The molecule has 1 aliphatic heterocycles. The molecule has 0 bridgehead atoms. The summed E-state index contributed by atoms with van der Waals surface area (Å²) in [5, 5.41) is 1.72. The second-order valence-electron chi connectivity index (χ2n) is 2.29. The zero-order valence-electron chi connectivity index (χ0n) is 5.55. The average molecular weight is 130 g/mol. The number of nitrogens with one attached hydrogen (secondary N) is 1. The Morgan fingerprint density at radius 3 is 2.67 bits per heavy atom. The molecule has 1 heterocycles. The summed E-state index contributed by atoms with van der Waals surface area (Å²) in [6.07, 6.45) is 0. The fourth-order valence-corrected chi connectivity index (χ4v) is 0.601. The summed E-state index contributed by atoms with van der Waals surface area (Å²) < 4.78 is 0. The number of carbonyl (C=O) groups excluding carboxylic acids is 1. The van der Waals surface area contributed by atoms with Gasteiger partial charge in [-0.2, -0.15) is 5.01 Å². The predicted octanol–water partition coefficient (Wildman–Crippen LogP) is -0.327. The maximum absolute atomic E-state index is 10.4. The van der Waals surface area contributed by atoms with Gasteiger partial charge >= 0.3 is 5.97 Å². The highest BCUT2D eigenvalue weighted by Gasteiger charge is 2.22. The van der Waals surface area contributed by atoms with Gasteiger partial charge in [0.2, 0.25) is 0 Å². The lowest BCUT2D eigenvalue weighted by Crippen LogP contribution is -2.36. The van der Waals surface area contributed by atoms with Crippen LogP contribution in [0.3, 0.4) is 0 Å². The molecular weight excluding hydrogens is 120 g/mol. The van der Waals surface area contributed by atoms with Crippen LogP contribution in [-0.2, 0) is 9.63 Å². The molecule has 0 radical (unpaired) electrons. The Morgan fingerprint density at radius 1 is 1.78 bits per heavy atom. The molecule has 0 aromatic carbocycles. The molecule has 1 fully saturated rings. The Morgan fingerprint density at radius 2 is 2.44 bits per heavy atom. The first-order chi connectivity index (χ1) is 4.20. The standard InChI is InChI=1S/C5H10N2O2/c1-4(2)7-3-5(8)9-6-7/h4,6H,3H2,1-2H3. The molecular formula is C5H10N2O2. The molecule has 0 saturated carbocycles.